The van der Waals surface area contributed by atoms with Crippen molar-refractivity contribution in [3.8, 4) is 0 Å². The van der Waals surface area contributed by atoms with Crippen molar-refractivity contribution < 1.29 is 0 Å². The summed E-state index contributed by atoms with van der Waals surface area (Å²) in [6.07, 6.45) is 6.10. The van der Waals surface area contributed by atoms with Gasteiger partial charge in [0, 0.05) is 30.2 Å². The van der Waals surface area contributed by atoms with Gasteiger partial charge in [-0.2, -0.15) is 0 Å². The number of nitrogens with one attached hydrogen (secondary N) is 1. The lowest BCUT2D eigenvalue weighted by atomic mass is 9.80. The number of nitrogens with zero attached hydrogens (tertiary/aromatic N) is 1. The third kappa shape index (κ3) is 1.65. The molecule has 2 aromatic carbocycles. The van der Waals surface area contributed by atoms with E-state index in [4.69, 9.17) is 0 Å². The number of fused-ring (bicyclic) bond motifs is 2. The maximum absolute atomic E-state index is 3.63. The van der Waals surface area contributed by atoms with Crippen LogP contribution in [-0.2, 0) is 0 Å². The van der Waals surface area contributed by atoms with Crippen LogP contribution in [0.1, 0.15) is 29.5 Å². The van der Waals surface area contributed by atoms with Gasteiger partial charge in [0.2, 0.25) is 0 Å². The van der Waals surface area contributed by atoms with Crippen LogP contribution >= 0.6 is 0 Å². The summed E-state index contributed by atoms with van der Waals surface area (Å²) >= 11 is 0. The second-order valence-electron chi connectivity index (χ2n) is 6.71. The molecule has 4 atom stereocenters. The topological polar surface area (TPSA) is 15.0 Å². The standard InChI is InChI=1S/C20H20N2/c1-2-6-15(7-3-1)19-11-10-17-16-8-4-5-9-18(16)21-13-12-20(17)14-22(19)20/h1-11,17,19,21H,12-14H2/t17-,19+,20+,22?/m0/s1. The van der Waals surface area contributed by atoms with Gasteiger partial charge in [-0.3, -0.25) is 4.90 Å². The average molecular weight is 288 g/mol. The summed E-state index contributed by atoms with van der Waals surface area (Å²) < 4.78 is 0. The normalized spacial score (nSPS) is 34.6. The number of anilines is 1. The number of rotatable bonds is 1. The van der Waals surface area contributed by atoms with E-state index in [0.29, 0.717) is 17.5 Å². The minimum Gasteiger partial charge on any atom is -0.385 e. The summed E-state index contributed by atoms with van der Waals surface area (Å²) in [7, 11) is 0. The maximum atomic E-state index is 3.63. The van der Waals surface area contributed by atoms with Crippen molar-refractivity contribution in [3.63, 3.8) is 0 Å². The molecule has 5 rings (SSSR count). The van der Waals surface area contributed by atoms with E-state index >= 15 is 0 Å². The number of hydrogen-bond donors (Lipinski definition) is 1. The lowest BCUT2D eigenvalue weighted by Gasteiger charge is -2.32. The molecule has 1 unspecified atom stereocenters. The van der Waals surface area contributed by atoms with Crippen molar-refractivity contribution in [2.24, 2.45) is 0 Å². The molecule has 110 valence electrons. The van der Waals surface area contributed by atoms with E-state index in [1.165, 1.54) is 29.8 Å². The molecular formula is C20H20N2. The van der Waals surface area contributed by atoms with Crippen molar-refractivity contribution >= 4 is 5.69 Å². The van der Waals surface area contributed by atoms with Gasteiger partial charge < -0.3 is 5.32 Å². The Labute approximate surface area is 131 Å². The molecule has 22 heavy (non-hydrogen) atoms. The smallest absolute Gasteiger partial charge is 0.0538 e. The molecule has 0 radical (unpaired) electrons. The lowest BCUT2D eigenvalue weighted by Crippen LogP contribution is -2.31. The highest BCUT2D eigenvalue weighted by molar-refractivity contribution is 5.58. The predicted octanol–water partition coefficient (Wildman–Crippen LogP) is 3.95. The quantitative estimate of drug-likeness (QED) is 0.631. The molecule has 3 aliphatic rings. The second kappa shape index (κ2) is 4.47. The highest BCUT2D eigenvalue weighted by atomic mass is 15.4. The van der Waals surface area contributed by atoms with E-state index in [1.54, 1.807) is 0 Å². The molecule has 0 aliphatic carbocycles. The number of para-hydroxylation sites is 1. The summed E-state index contributed by atoms with van der Waals surface area (Å²) in [4.78, 5) is 2.69. The van der Waals surface area contributed by atoms with Crippen LogP contribution in [0, 0.1) is 0 Å². The molecule has 0 saturated carbocycles. The Bertz CT molecular complexity index is 736. The van der Waals surface area contributed by atoms with Crippen molar-refractivity contribution in [2.75, 3.05) is 18.4 Å². The summed E-state index contributed by atoms with van der Waals surface area (Å²) in [6.45, 7) is 2.28. The number of hydrogen-bond acceptors (Lipinski definition) is 2. The van der Waals surface area contributed by atoms with E-state index in [2.05, 4.69) is 77.0 Å². The highest BCUT2D eigenvalue weighted by Crippen LogP contribution is 2.57. The van der Waals surface area contributed by atoms with Crippen LogP contribution in [-0.4, -0.2) is 23.5 Å². The van der Waals surface area contributed by atoms with Crippen LogP contribution in [0.25, 0.3) is 0 Å². The Morgan fingerprint density at radius 2 is 1.77 bits per heavy atom. The molecule has 1 fully saturated rings. The molecule has 3 heterocycles. The minimum atomic E-state index is 0.328. The fraction of sp³-hybridized carbons (Fsp3) is 0.300. The lowest BCUT2D eigenvalue weighted by molar-refractivity contribution is 0.313. The average Bonchev–Trinajstić information content (AvgIpc) is 3.33. The zero-order valence-electron chi connectivity index (χ0n) is 12.6. The first-order valence-electron chi connectivity index (χ1n) is 8.21. The Morgan fingerprint density at radius 3 is 2.68 bits per heavy atom. The van der Waals surface area contributed by atoms with E-state index in [-0.39, 0.29) is 0 Å². The fourth-order valence-electron chi connectivity index (χ4n) is 4.47. The van der Waals surface area contributed by atoms with Crippen LogP contribution in [0.2, 0.25) is 0 Å². The van der Waals surface area contributed by atoms with Gasteiger partial charge in [-0.05, 0) is 23.6 Å². The van der Waals surface area contributed by atoms with Crippen LogP contribution in [0.3, 0.4) is 0 Å². The van der Waals surface area contributed by atoms with Crippen molar-refractivity contribution in [1.82, 2.24) is 4.90 Å². The van der Waals surface area contributed by atoms with E-state index in [9.17, 15) is 0 Å². The second-order valence-corrected chi connectivity index (χ2v) is 6.71. The van der Waals surface area contributed by atoms with Crippen molar-refractivity contribution in [3.05, 3.63) is 77.9 Å². The molecule has 1 N–H and O–H groups in total. The molecule has 1 spiro atoms. The van der Waals surface area contributed by atoms with E-state index in [1.807, 2.05) is 0 Å². The summed E-state index contributed by atoms with van der Waals surface area (Å²) in [5.74, 6) is 0.527. The minimum absolute atomic E-state index is 0.328. The van der Waals surface area contributed by atoms with Crippen molar-refractivity contribution in [1.29, 1.82) is 0 Å². The largest absolute Gasteiger partial charge is 0.385 e. The Kier molecular flexibility index (Phi) is 2.53. The van der Waals surface area contributed by atoms with Crippen LogP contribution in [0.4, 0.5) is 5.69 Å². The van der Waals surface area contributed by atoms with Gasteiger partial charge in [0.1, 0.15) is 0 Å². The van der Waals surface area contributed by atoms with Gasteiger partial charge in [0.05, 0.1) is 6.04 Å². The first-order valence-corrected chi connectivity index (χ1v) is 8.21. The SMILES string of the molecule is C1=C[C@H]2c3ccccc3NCC[C@@]23CN3[C@H]1c1ccccc1. The molecule has 0 amide bonds. The van der Waals surface area contributed by atoms with Crippen LogP contribution < -0.4 is 5.32 Å². The Hall–Kier alpha value is -2.06. The Balaban J connectivity index is 1.59. The zero-order chi connectivity index (χ0) is 14.6. The summed E-state index contributed by atoms with van der Waals surface area (Å²) in [6, 6.07) is 20.2. The monoisotopic (exact) mass is 288 g/mol. The van der Waals surface area contributed by atoms with Crippen molar-refractivity contribution in [2.45, 2.75) is 23.9 Å². The van der Waals surface area contributed by atoms with Crippen LogP contribution in [0.15, 0.2) is 66.7 Å². The maximum Gasteiger partial charge on any atom is 0.0538 e. The predicted molar refractivity (Wildman–Crippen MR) is 90.0 cm³/mol. The Morgan fingerprint density at radius 1 is 0.955 bits per heavy atom. The molecular weight excluding hydrogens is 268 g/mol. The molecule has 2 nitrogen and oxygen atoms in total. The van der Waals surface area contributed by atoms with Crippen LogP contribution in [0.5, 0.6) is 0 Å². The third-order valence-electron chi connectivity index (χ3n) is 5.62. The zero-order valence-corrected chi connectivity index (χ0v) is 12.6. The summed E-state index contributed by atoms with van der Waals surface area (Å²) in [5.41, 5.74) is 4.53. The van der Waals surface area contributed by atoms with Gasteiger partial charge >= 0.3 is 0 Å². The van der Waals surface area contributed by atoms with E-state index in [0.717, 1.165) is 6.54 Å². The first kappa shape index (κ1) is 12.5. The van der Waals surface area contributed by atoms with E-state index < -0.39 is 0 Å². The van der Waals surface area contributed by atoms with Gasteiger partial charge in [-0.1, -0.05) is 60.7 Å². The third-order valence-corrected chi connectivity index (χ3v) is 5.62. The molecule has 2 aromatic rings. The van der Waals surface area contributed by atoms with Gasteiger partial charge in [0.15, 0.2) is 0 Å². The fourth-order valence-corrected chi connectivity index (χ4v) is 4.47. The summed E-state index contributed by atoms with van der Waals surface area (Å²) in [5, 5.41) is 3.63. The number of benzene rings is 2. The molecule has 3 aliphatic heterocycles. The van der Waals surface area contributed by atoms with Gasteiger partial charge in [-0.15, -0.1) is 0 Å². The molecule has 0 aromatic heterocycles. The van der Waals surface area contributed by atoms with Gasteiger partial charge in [0.25, 0.3) is 0 Å². The highest BCUT2D eigenvalue weighted by Gasteiger charge is 2.61. The molecule has 1 saturated heterocycles. The molecule has 0 bridgehead atoms. The van der Waals surface area contributed by atoms with Gasteiger partial charge in [-0.25, -0.2) is 0 Å². The first-order chi connectivity index (χ1) is 10.9. The molecule has 2 heteroatoms.